The van der Waals surface area contributed by atoms with Gasteiger partial charge in [-0.05, 0) is 18.1 Å². The molecule has 15 heavy (non-hydrogen) atoms. The van der Waals surface area contributed by atoms with E-state index in [1.165, 1.54) is 7.11 Å². The summed E-state index contributed by atoms with van der Waals surface area (Å²) >= 11 is 0. The minimum Gasteiger partial charge on any atom is -0.469 e. The van der Waals surface area contributed by atoms with Gasteiger partial charge in [-0.1, -0.05) is 24.3 Å². The summed E-state index contributed by atoms with van der Waals surface area (Å²) in [5, 5.41) is 9.70. The molecule has 1 N–H and O–H groups in total. The molecule has 0 radical (unpaired) electrons. The van der Waals surface area contributed by atoms with Gasteiger partial charge in [0.25, 0.3) is 0 Å². The van der Waals surface area contributed by atoms with Crippen molar-refractivity contribution in [2.24, 2.45) is 0 Å². The summed E-state index contributed by atoms with van der Waals surface area (Å²) in [5.41, 5.74) is 1.75. The lowest BCUT2D eigenvalue weighted by molar-refractivity contribution is -0.142. The van der Waals surface area contributed by atoms with E-state index in [1.54, 1.807) is 0 Å². The summed E-state index contributed by atoms with van der Waals surface area (Å²) in [6, 6.07) is 7.44. The Hall–Kier alpha value is -1.06. The van der Waals surface area contributed by atoms with Gasteiger partial charge in [0.15, 0.2) is 0 Å². The van der Waals surface area contributed by atoms with Crippen LogP contribution in [-0.2, 0) is 9.53 Å². The maximum Gasteiger partial charge on any atom is 0.308 e. The monoisotopic (exact) mass is 230 g/mol. The fourth-order valence-electron chi connectivity index (χ4n) is 1.31. The molecule has 0 fully saturated rings. The third-order valence-corrected chi connectivity index (χ3v) is 2.14. The standard InChI is InChI=1S/C11H14O3.ClH/c1-8-5-3-4-6-9(8)10(12)7-11(13)14-2;/h3-6,10,12H,7H2,1-2H3;1H/t10-;/m1./s1. The van der Waals surface area contributed by atoms with Crippen molar-refractivity contribution in [1.82, 2.24) is 0 Å². The predicted octanol–water partition coefficient (Wildman–Crippen LogP) is 2.01. The van der Waals surface area contributed by atoms with Crippen LogP contribution in [0.5, 0.6) is 0 Å². The molecule has 0 saturated carbocycles. The predicted molar refractivity (Wildman–Crippen MR) is 60.0 cm³/mol. The van der Waals surface area contributed by atoms with Crippen molar-refractivity contribution in [2.75, 3.05) is 7.11 Å². The van der Waals surface area contributed by atoms with Crippen molar-refractivity contribution in [3.05, 3.63) is 35.4 Å². The molecule has 84 valence electrons. The Morgan fingerprint density at radius 1 is 1.47 bits per heavy atom. The maximum absolute atomic E-state index is 10.9. The fourth-order valence-corrected chi connectivity index (χ4v) is 1.31. The van der Waals surface area contributed by atoms with Crippen LogP contribution >= 0.6 is 12.4 Å². The van der Waals surface area contributed by atoms with Gasteiger partial charge in [0.05, 0.1) is 19.6 Å². The topological polar surface area (TPSA) is 46.5 Å². The summed E-state index contributed by atoms with van der Waals surface area (Å²) in [7, 11) is 1.31. The lowest BCUT2D eigenvalue weighted by atomic mass is 10.0. The normalized spacial score (nSPS) is 11.4. The van der Waals surface area contributed by atoms with E-state index in [0.717, 1.165) is 11.1 Å². The number of aryl methyl sites for hydroxylation is 1. The van der Waals surface area contributed by atoms with E-state index in [9.17, 15) is 9.90 Å². The van der Waals surface area contributed by atoms with Crippen LogP contribution < -0.4 is 0 Å². The van der Waals surface area contributed by atoms with Gasteiger partial charge in [-0.25, -0.2) is 0 Å². The van der Waals surface area contributed by atoms with Crippen LogP contribution in [0.4, 0.5) is 0 Å². The van der Waals surface area contributed by atoms with E-state index in [0.29, 0.717) is 0 Å². The van der Waals surface area contributed by atoms with Gasteiger partial charge in [-0.2, -0.15) is 0 Å². The zero-order valence-electron chi connectivity index (χ0n) is 8.77. The quantitative estimate of drug-likeness (QED) is 0.809. The number of halogens is 1. The van der Waals surface area contributed by atoms with Crippen molar-refractivity contribution in [3.63, 3.8) is 0 Å². The minimum atomic E-state index is -0.774. The number of carbonyl (C=O) groups excluding carboxylic acids is 1. The molecule has 4 heteroatoms. The third kappa shape index (κ3) is 3.90. The molecule has 0 aromatic heterocycles. The number of ether oxygens (including phenoxy) is 1. The summed E-state index contributed by atoms with van der Waals surface area (Å²) in [6.45, 7) is 1.90. The molecule has 1 aromatic carbocycles. The minimum absolute atomic E-state index is 0. The zero-order chi connectivity index (χ0) is 10.6. The summed E-state index contributed by atoms with van der Waals surface area (Å²) in [5.74, 6) is -0.402. The Morgan fingerprint density at radius 2 is 2.07 bits per heavy atom. The average Bonchev–Trinajstić information content (AvgIpc) is 2.18. The van der Waals surface area contributed by atoms with Gasteiger partial charge in [0, 0.05) is 0 Å². The average molecular weight is 231 g/mol. The molecule has 0 heterocycles. The van der Waals surface area contributed by atoms with E-state index in [1.807, 2.05) is 31.2 Å². The lowest BCUT2D eigenvalue weighted by Gasteiger charge is -2.11. The molecular weight excluding hydrogens is 216 g/mol. The van der Waals surface area contributed by atoms with Gasteiger partial charge in [-0.3, -0.25) is 4.79 Å². The number of rotatable bonds is 3. The molecular formula is C11H15ClO3. The molecule has 0 aliphatic carbocycles. The molecule has 1 rings (SSSR count). The summed E-state index contributed by atoms with van der Waals surface area (Å²) in [4.78, 5) is 10.9. The molecule has 0 aliphatic rings. The molecule has 0 bridgehead atoms. The number of hydrogen-bond acceptors (Lipinski definition) is 3. The smallest absolute Gasteiger partial charge is 0.308 e. The molecule has 0 amide bonds. The Morgan fingerprint density at radius 3 is 2.60 bits per heavy atom. The summed E-state index contributed by atoms with van der Waals surface area (Å²) in [6.07, 6.45) is -0.773. The Balaban J connectivity index is 0.00000196. The van der Waals surface area contributed by atoms with E-state index < -0.39 is 12.1 Å². The Bertz CT molecular complexity index is 325. The Kier molecular flexibility index (Phi) is 5.97. The molecule has 1 atom stereocenters. The van der Waals surface area contributed by atoms with Gasteiger partial charge >= 0.3 is 5.97 Å². The number of aliphatic hydroxyl groups is 1. The van der Waals surface area contributed by atoms with Crippen LogP contribution in [0.2, 0.25) is 0 Å². The first-order chi connectivity index (χ1) is 6.65. The Labute approximate surface area is 95.5 Å². The second kappa shape index (κ2) is 6.43. The highest BCUT2D eigenvalue weighted by atomic mass is 35.5. The van der Waals surface area contributed by atoms with Crippen LogP contribution in [0.3, 0.4) is 0 Å². The maximum atomic E-state index is 10.9. The van der Waals surface area contributed by atoms with Crippen LogP contribution in [0, 0.1) is 6.92 Å². The van der Waals surface area contributed by atoms with Gasteiger partial charge < -0.3 is 9.84 Å². The summed E-state index contributed by atoms with van der Waals surface area (Å²) < 4.78 is 4.48. The highest BCUT2D eigenvalue weighted by molar-refractivity contribution is 5.85. The molecule has 1 aromatic rings. The van der Waals surface area contributed by atoms with Crippen molar-refractivity contribution in [1.29, 1.82) is 0 Å². The highest BCUT2D eigenvalue weighted by Gasteiger charge is 2.14. The van der Waals surface area contributed by atoms with Crippen LogP contribution in [0.1, 0.15) is 23.7 Å². The largest absolute Gasteiger partial charge is 0.469 e. The third-order valence-electron chi connectivity index (χ3n) is 2.14. The van der Waals surface area contributed by atoms with Crippen molar-refractivity contribution < 1.29 is 14.6 Å². The first-order valence-electron chi connectivity index (χ1n) is 4.45. The molecule has 0 saturated heterocycles. The number of methoxy groups -OCH3 is 1. The number of esters is 1. The number of hydrogen-bond donors (Lipinski definition) is 1. The van der Waals surface area contributed by atoms with Gasteiger partial charge in [0.1, 0.15) is 0 Å². The first kappa shape index (κ1) is 13.9. The van der Waals surface area contributed by atoms with E-state index in [-0.39, 0.29) is 18.8 Å². The van der Waals surface area contributed by atoms with Crippen molar-refractivity contribution in [3.8, 4) is 0 Å². The molecule has 3 nitrogen and oxygen atoms in total. The second-order valence-corrected chi connectivity index (χ2v) is 3.15. The number of aliphatic hydroxyl groups excluding tert-OH is 1. The van der Waals surface area contributed by atoms with E-state index >= 15 is 0 Å². The first-order valence-corrected chi connectivity index (χ1v) is 4.45. The van der Waals surface area contributed by atoms with Crippen LogP contribution in [-0.4, -0.2) is 18.2 Å². The number of carbonyl (C=O) groups is 1. The van der Waals surface area contributed by atoms with E-state index in [4.69, 9.17) is 0 Å². The van der Waals surface area contributed by atoms with E-state index in [2.05, 4.69) is 4.74 Å². The lowest BCUT2D eigenvalue weighted by Crippen LogP contribution is -2.08. The molecule has 0 spiro atoms. The fraction of sp³-hybridized carbons (Fsp3) is 0.364. The SMILES string of the molecule is COC(=O)C[C@@H](O)c1ccccc1C.Cl. The molecule has 0 aliphatic heterocycles. The second-order valence-electron chi connectivity index (χ2n) is 3.15. The van der Waals surface area contributed by atoms with Crippen LogP contribution in [0.25, 0.3) is 0 Å². The van der Waals surface area contributed by atoms with Crippen molar-refractivity contribution in [2.45, 2.75) is 19.4 Å². The molecule has 0 unspecified atom stereocenters. The van der Waals surface area contributed by atoms with Crippen LogP contribution in [0.15, 0.2) is 24.3 Å². The highest BCUT2D eigenvalue weighted by Crippen LogP contribution is 2.20. The zero-order valence-corrected chi connectivity index (χ0v) is 9.58. The van der Waals surface area contributed by atoms with Crippen molar-refractivity contribution >= 4 is 18.4 Å². The van der Waals surface area contributed by atoms with Gasteiger partial charge in [0.2, 0.25) is 0 Å². The number of benzene rings is 1. The van der Waals surface area contributed by atoms with Gasteiger partial charge in [-0.15, -0.1) is 12.4 Å².